The predicted molar refractivity (Wildman–Crippen MR) is 95.3 cm³/mol. The normalized spacial score (nSPS) is 23.6. The quantitative estimate of drug-likeness (QED) is 0.873. The van der Waals surface area contributed by atoms with Crippen LogP contribution in [0.1, 0.15) is 51.7 Å². The molecule has 0 radical (unpaired) electrons. The number of hydrogen-bond donors (Lipinski definition) is 2. The number of aliphatic hydroxyl groups excluding tert-OH is 1. The number of piperidine rings is 1. The average molecular weight is 320 g/mol. The second-order valence-corrected chi connectivity index (χ2v) is 8.33. The summed E-state index contributed by atoms with van der Waals surface area (Å²) < 4.78 is 5.87. The Morgan fingerprint density at radius 2 is 1.91 bits per heavy atom. The summed E-state index contributed by atoms with van der Waals surface area (Å²) >= 11 is 0. The van der Waals surface area contributed by atoms with E-state index in [1.54, 1.807) is 0 Å². The number of nitrogens with one attached hydrogen (secondary N) is 1. The molecule has 3 heteroatoms. The molecule has 0 unspecified atom stereocenters. The monoisotopic (exact) mass is 320 g/mol. The Kier molecular flexibility index (Phi) is 6.10. The van der Waals surface area contributed by atoms with Gasteiger partial charge in [0.15, 0.2) is 0 Å². The van der Waals surface area contributed by atoms with Crippen LogP contribution in [0.5, 0.6) is 5.75 Å². The molecule has 1 fully saturated rings. The van der Waals surface area contributed by atoms with Crippen molar-refractivity contribution in [2.45, 2.75) is 59.0 Å². The van der Waals surface area contributed by atoms with Crippen LogP contribution < -0.4 is 9.64 Å². The van der Waals surface area contributed by atoms with Crippen LogP contribution in [0.15, 0.2) is 18.2 Å². The maximum Gasteiger partial charge on any atom is 0.137 e. The maximum absolute atomic E-state index is 10.3. The van der Waals surface area contributed by atoms with Gasteiger partial charge in [0.25, 0.3) is 0 Å². The molecule has 3 nitrogen and oxygen atoms in total. The van der Waals surface area contributed by atoms with Gasteiger partial charge in [-0.05, 0) is 48.3 Å². The standard InChI is InChI=1S/C20H33NO2/c1-15-8-10-21(11-9-15)13-18(22)14-23-19-7-6-17(12-16(19)2)20(3,4)5/h6-7,12,15,18,22H,8-11,13-14H2,1-5H3/p+1/t18-/m1/s1. The second-order valence-electron chi connectivity index (χ2n) is 8.33. The molecule has 0 saturated carbocycles. The van der Waals surface area contributed by atoms with Crippen LogP contribution in [0.2, 0.25) is 0 Å². The smallest absolute Gasteiger partial charge is 0.137 e. The third-order valence-corrected chi connectivity index (χ3v) is 4.98. The van der Waals surface area contributed by atoms with E-state index in [0.717, 1.165) is 23.8 Å². The molecule has 1 aromatic carbocycles. The van der Waals surface area contributed by atoms with Gasteiger partial charge in [-0.15, -0.1) is 0 Å². The summed E-state index contributed by atoms with van der Waals surface area (Å²) in [5.41, 5.74) is 2.61. The van der Waals surface area contributed by atoms with E-state index in [9.17, 15) is 5.11 Å². The highest BCUT2D eigenvalue weighted by molar-refractivity contribution is 5.38. The van der Waals surface area contributed by atoms with Gasteiger partial charge in [-0.25, -0.2) is 0 Å². The molecular formula is C20H34NO2+. The highest BCUT2D eigenvalue weighted by atomic mass is 16.5. The van der Waals surface area contributed by atoms with Crippen LogP contribution in [-0.4, -0.2) is 37.5 Å². The summed E-state index contributed by atoms with van der Waals surface area (Å²) in [6, 6.07) is 6.36. The summed E-state index contributed by atoms with van der Waals surface area (Å²) in [4.78, 5) is 1.51. The van der Waals surface area contributed by atoms with E-state index >= 15 is 0 Å². The van der Waals surface area contributed by atoms with Crippen molar-refractivity contribution in [3.63, 3.8) is 0 Å². The summed E-state index contributed by atoms with van der Waals surface area (Å²) in [6.07, 6.45) is 2.16. The fourth-order valence-electron chi connectivity index (χ4n) is 3.23. The minimum absolute atomic E-state index is 0.150. The van der Waals surface area contributed by atoms with Crippen LogP contribution in [0.25, 0.3) is 0 Å². The van der Waals surface area contributed by atoms with E-state index < -0.39 is 0 Å². The van der Waals surface area contributed by atoms with E-state index in [2.05, 4.69) is 46.8 Å². The first-order chi connectivity index (χ1) is 10.8. The minimum Gasteiger partial charge on any atom is -0.490 e. The predicted octanol–water partition coefficient (Wildman–Crippen LogP) is 2.35. The second kappa shape index (κ2) is 7.67. The van der Waals surface area contributed by atoms with Crippen molar-refractivity contribution in [1.29, 1.82) is 0 Å². The fourth-order valence-corrected chi connectivity index (χ4v) is 3.23. The summed E-state index contributed by atoms with van der Waals surface area (Å²) in [5, 5.41) is 10.3. The molecule has 1 aromatic rings. The SMILES string of the molecule is Cc1cc(C(C)(C)C)ccc1OC[C@H](O)C[NH+]1CCC(C)CC1. The van der Waals surface area contributed by atoms with Crippen molar-refractivity contribution in [3.05, 3.63) is 29.3 Å². The van der Waals surface area contributed by atoms with Gasteiger partial charge in [0, 0.05) is 0 Å². The molecule has 0 amide bonds. The van der Waals surface area contributed by atoms with E-state index in [-0.39, 0.29) is 11.5 Å². The minimum atomic E-state index is -0.389. The number of benzene rings is 1. The molecule has 1 aliphatic heterocycles. The third kappa shape index (κ3) is 5.50. The first-order valence-corrected chi connectivity index (χ1v) is 9.01. The maximum atomic E-state index is 10.3. The molecule has 1 saturated heterocycles. The van der Waals surface area contributed by atoms with Gasteiger partial charge in [0.2, 0.25) is 0 Å². The lowest BCUT2D eigenvalue weighted by molar-refractivity contribution is -0.909. The van der Waals surface area contributed by atoms with E-state index in [0.29, 0.717) is 6.61 Å². The Morgan fingerprint density at radius 1 is 1.26 bits per heavy atom. The largest absolute Gasteiger partial charge is 0.490 e. The third-order valence-electron chi connectivity index (χ3n) is 4.98. The lowest BCUT2D eigenvalue weighted by Crippen LogP contribution is -3.14. The zero-order chi connectivity index (χ0) is 17.0. The number of quaternary nitrogens is 1. The molecule has 2 rings (SSSR count). The Bertz CT molecular complexity index is 499. The summed E-state index contributed by atoms with van der Waals surface area (Å²) in [6.45, 7) is 14.6. The van der Waals surface area contributed by atoms with Crippen LogP contribution in [0.4, 0.5) is 0 Å². The first kappa shape index (κ1) is 18.3. The number of aryl methyl sites for hydroxylation is 1. The molecule has 1 atom stereocenters. The molecule has 1 aliphatic rings. The van der Waals surface area contributed by atoms with Crippen molar-refractivity contribution in [2.24, 2.45) is 5.92 Å². The van der Waals surface area contributed by atoms with E-state index in [1.165, 1.54) is 36.4 Å². The van der Waals surface area contributed by atoms with Gasteiger partial charge in [-0.2, -0.15) is 0 Å². The number of rotatable bonds is 5. The Morgan fingerprint density at radius 3 is 2.48 bits per heavy atom. The molecule has 130 valence electrons. The van der Waals surface area contributed by atoms with Crippen LogP contribution >= 0.6 is 0 Å². The molecule has 0 spiro atoms. The van der Waals surface area contributed by atoms with Crippen molar-refractivity contribution in [2.75, 3.05) is 26.2 Å². The van der Waals surface area contributed by atoms with Gasteiger partial charge in [0.1, 0.15) is 25.0 Å². The van der Waals surface area contributed by atoms with Gasteiger partial charge in [-0.3, -0.25) is 0 Å². The Balaban J connectivity index is 1.83. The number of hydrogen-bond acceptors (Lipinski definition) is 2. The van der Waals surface area contributed by atoms with Crippen molar-refractivity contribution in [1.82, 2.24) is 0 Å². The molecule has 0 aromatic heterocycles. The first-order valence-electron chi connectivity index (χ1n) is 9.01. The van der Waals surface area contributed by atoms with Crippen molar-refractivity contribution >= 4 is 0 Å². The van der Waals surface area contributed by atoms with Gasteiger partial charge in [-0.1, -0.05) is 39.8 Å². The van der Waals surface area contributed by atoms with Gasteiger partial charge >= 0.3 is 0 Å². The van der Waals surface area contributed by atoms with Crippen molar-refractivity contribution < 1.29 is 14.7 Å². The van der Waals surface area contributed by atoms with Crippen LogP contribution in [0, 0.1) is 12.8 Å². The highest BCUT2D eigenvalue weighted by Crippen LogP contribution is 2.27. The Hall–Kier alpha value is -1.06. The van der Waals surface area contributed by atoms with Gasteiger partial charge in [0.05, 0.1) is 13.1 Å². The molecule has 0 bridgehead atoms. The topological polar surface area (TPSA) is 33.9 Å². The van der Waals surface area contributed by atoms with E-state index in [4.69, 9.17) is 4.74 Å². The number of likely N-dealkylation sites (tertiary alicyclic amines) is 1. The zero-order valence-corrected chi connectivity index (χ0v) is 15.5. The van der Waals surface area contributed by atoms with Crippen LogP contribution in [-0.2, 0) is 5.41 Å². The molecule has 23 heavy (non-hydrogen) atoms. The Labute approximate surface area is 141 Å². The lowest BCUT2D eigenvalue weighted by Gasteiger charge is -2.28. The van der Waals surface area contributed by atoms with Gasteiger partial charge < -0.3 is 14.7 Å². The average Bonchev–Trinajstić information content (AvgIpc) is 2.47. The molecular weight excluding hydrogens is 286 g/mol. The molecule has 2 N–H and O–H groups in total. The lowest BCUT2D eigenvalue weighted by atomic mass is 9.86. The summed E-state index contributed by atoms with van der Waals surface area (Å²) in [5.74, 6) is 1.73. The molecule has 0 aliphatic carbocycles. The van der Waals surface area contributed by atoms with Crippen LogP contribution in [0.3, 0.4) is 0 Å². The number of aliphatic hydroxyl groups is 1. The fraction of sp³-hybridized carbons (Fsp3) is 0.700. The molecule has 1 heterocycles. The highest BCUT2D eigenvalue weighted by Gasteiger charge is 2.22. The zero-order valence-electron chi connectivity index (χ0n) is 15.5. The van der Waals surface area contributed by atoms with Crippen molar-refractivity contribution in [3.8, 4) is 5.75 Å². The number of ether oxygens (including phenoxy) is 1. The summed E-state index contributed by atoms with van der Waals surface area (Å²) in [7, 11) is 0. The van der Waals surface area contributed by atoms with E-state index in [1.807, 2.05) is 6.07 Å².